The van der Waals surface area contributed by atoms with Gasteiger partial charge in [-0.15, -0.1) is 0 Å². The first-order valence-corrected chi connectivity index (χ1v) is 26.2. The standard InChI is InChI=1S/C25H18.C13H11N.C13H13N.8C2H6/c1-17-9-2-3-10-18(17)22-15-8-16-24-21-12-5-4-11-19(21)20-13-6-7-14-23(20)25(22)24;1-14-12-8-4-2-6-10(12)11-7-3-5-9-13(11)14;1-14(12-8-4-2-5-9-12)13-10-6-3-7-11-13;8*1-2/h2-16H,1H3;2-9H,1H3;2-11H,1H3;8*1-2H3. The van der Waals surface area contributed by atoms with E-state index in [0.29, 0.717) is 0 Å². The Kier molecular flexibility index (Phi) is 33.8. The maximum absolute atomic E-state index is 2.26. The molecule has 0 radical (unpaired) electrons. The normalized spacial score (nSPS) is 9.09. The van der Waals surface area contributed by atoms with Gasteiger partial charge in [-0.2, -0.15) is 0 Å². The van der Waals surface area contributed by atoms with E-state index in [2.05, 4.69) is 219 Å². The fourth-order valence-corrected chi connectivity index (χ4v) is 7.63. The molecule has 0 N–H and O–H groups in total. The predicted octanol–water partition coefficient (Wildman–Crippen LogP) is 22.1. The van der Waals surface area contributed by atoms with E-state index in [1.54, 1.807) is 0 Å². The lowest BCUT2D eigenvalue weighted by Crippen LogP contribution is -2.08. The molecule has 0 aliphatic rings. The highest BCUT2D eigenvalue weighted by Gasteiger charge is 2.13. The van der Waals surface area contributed by atoms with Gasteiger partial charge in [0, 0.05) is 47.3 Å². The lowest BCUT2D eigenvalue weighted by molar-refractivity contribution is 1.01. The average molecular weight is 923 g/mol. The Morgan fingerprint density at radius 1 is 0.275 bits per heavy atom. The molecule has 1 aromatic heterocycles. The first-order valence-electron chi connectivity index (χ1n) is 26.2. The third-order valence-electron chi connectivity index (χ3n) is 10.3. The second-order valence-corrected chi connectivity index (χ2v) is 13.5. The van der Waals surface area contributed by atoms with Gasteiger partial charge in [-0.05, 0) is 92.3 Å². The van der Waals surface area contributed by atoms with Crippen LogP contribution < -0.4 is 4.90 Å². The molecule has 0 saturated heterocycles. The number of benzene rings is 9. The number of rotatable bonds is 3. The maximum Gasteiger partial charge on any atom is 0.0488 e. The predicted molar refractivity (Wildman–Crippen MR) is 321 cm³/mol. The van der Waals surface area contributed by atoms with Gasteiger partial charge in [-0.1, -0.05) is 275 Å². The molecule has 10 aromatic rings. The summed E-state index contributed by atoms with van der Waals surface area (Å²) in [6, 6.07) is 70.6. The highest BCUT2D eigenvalue weighted by molar-refractivity contribution is 6.28. The molecule has 0 saturated carbocycles. The molecule has 0 bridgehead atoms. The minimum absolute atomic E-state index is 1.21. The van der Waals surface area contributed by atoms with Crippen LogP contribution in [0.3, 0.4) is 0 Å². The van der Waals surface area contributed by atoms with Crippen molar-refractivity contribution in [3.05, 3.63) is 206 Å². The zero-order chi connectivity index (χ0) is 52.1. The van der Waals surface area contributed by atoms with Crippen LogP contribution in [0.2, 0.25) is 0 Å². The summed E-state index contributed by atoms with van der Waals surface area (Å²) in [6.07, 6.45) is 0. The van der Waals surface area contributed by atoms with Gasteiger partial charge in [0.25, 0.3) is 0 Å². The Hall–Kier alpha value is -6.64. The number of aromatic nitrogens is 1. The summed E-state index contributed by atoms with van der Waals surface area (Å²) in [5, 5.41) is 10.7. The third kappa shape index (κ3) is 16.5. The summed E-state index contributed by atoms with van der Waals surface area (Å²) < 4.78 is 2.24. The van der Waals surface area contributed by atoms with Crippen molar-refractivity contribution in [3.8, 4) is 11.1 Å². The fourth-order valence-electron chi connectivity index (χ4n) is 7.63. The van der Waals surface area contributed by atoms with Gasteiger partial charge >= 0.3 is 0 Å². The molecule has 2 nitrogen and oxygen atoms in total. The third-order valence-corrected chi connectivity index (χ3v) is 10.3. The summed E-state index contributed by atoms with van der Waals surface area (Å²) >= 11 is 0. The van der Waals surface area contributed by atoms with Gasteiger partial charge in [0.2, 0.25) is 0 Å². The van der Waals surface area contributed by atoms with Crippen LogP contribution in [0, 0.1) is 6.92 Å². The van der Waals surface area contributed by atoms with Gasteiger partial charge in [0.1, 0.15) is 0 Å². The Labute approximate surface area is 421 Å². The van der Waals surface area contributed by atoms with E-state index in [1.807, 2.05) is 123 Å². The molecule has 0 fully saturated rings. The van der Waals surface area contributed by atoms with E-state index in [1.165, 1.54) is 82.2 Å². The maximum atomic E-state index is 2.26. The molecule has 2 heteroatoms. The molecule has 0 amide bonds. The van der Waals surface area contributed by atoms with E-state index in [9.17, 15) is 0 Å². The molecule has 368 valence electrons. The summed E-state index contributed by atoms with van der Waals surface area (Å²) in [4.78, 5) is 2.17. The molecular formula is C67H90N2. The monoisotopic (exact) mass is 923 g/mol. The zero-order valence-corrected chi connectivity index (χ0v) is 46.4. The topological polar surface area (TPSA) is 8.17 Å². The second-order valence-electron chi connectivity index (χ2n) is 13.5. The van der Waals surface area contributed by atoms with E-state index in [-0.39, 0.29) is 0 Å². The van der Waals surface area contributed by atoms with Gasteiger partial charge in [-0.25, -0.2) is 0 Å². The summed E-state index contributed by atoms with van der Waals surface area (Å²) in [6.45, 7) is 34.2. The molecule has 0 atom stereocenters. The zero-order valence-electron chi connectivity index (χ0n) is 46.4. The van der Waals surface area contributed by atoms with Crippen molar-refractivity contribution in [2.45, 2.75) is 118 Å². The van der Waals surface area contributed by atoms with Crippen LogP contribution in [-0.2, 0) is 7.05 Å². The van der Waals surface area contributed by atoms with Crippen LogP contribution in [0.4, 0.5) is 11.4 Å². The Morgan fingerprint density at radius 2 is 0.551 bits per heavy atom. The minimum atomic E-state index is 1.21. The Balaban J connectivity index is 0.000000913. The summed E-state index contributed by atoms with van der Waals surface area (Å²) in [5.74, 6) is 0. The van der Waals surface area contributed by atoms with Crippen molar-refractivity contribution in [2.75, 3.05) is 11.9 Å². The Bertz CT molecular complexity index is 2680. The van der Waals surface area contributed by atoms with Gasteiger partial charge in [0.15, 0.2) is 0 Å². The molecule has 10 rings (SSSR count). The molecule has 9 aromatic carbocycles. The molecule has 1 heterocycles. The van der Waals surface area contributed by atoms with Crippen molar-refractivity contribution in [2.24, 2.45) is 7.05 Å². The van der Waals surface area contributed by atoms with Crippen LogP contribution in [0.25, 0.3) is 65.3 Å². The van der Waals surface area contributed by atoms with E-state index >= 15 is 0 Å². The van der Waals surface area contributed by atoms with Gasteiger partial charge in [-0.3, -0.25) is 0 Å². The van der Waals surface area contributed by atoms with Gasteiger partial charge in [0.05, 0.1) is 0 Å². The van der Waals surface area contributed by atoms with Crippen LogP contribution in [-0.4, -0.2) is 11.6 Å². The van der Waals surface area contributed by atoms with Crippen LogP contribution in [0.1, 0.15) is 116 Å². The van der Waals surface area contributed by atoms with Crippen molar-refractivity contribution < 1.29 is 0 Å². The minimum Gasteiger partial charge on any atom is -0.345 e. The molecule has 0 aliphatic heterocycles. The lowest BCUT2D eigenvalue weighted by atomic mass is 9.88. The van der Waals surface area contributed by atoms with E-state index in [0.717, 1.165) is 0 Å². The number of hydrogen-bond acceptors (Lipinski definition) is 1. The van der Waals surface area contributed by atoms with Crippen LogP contribution in [0.5, 0.6) is 0 Å². The number of anilines is 2. The summed E-state index contributed by atoms with van der Waals surface area (Å²) in [5.41, 5.74) is 8.96. The average Bonchev–Trinajstić information content (AvgIpc) is 3.76. The molecule has 0 unspecified atom stereocenters. The summed E-state index contributed by atoms with van der Waals surface area (Å²) in [7, 11) is 4.19. The molecule has 69 heavy (non-hydrogen) atoms. The number of para-hydroxylation sites is 4. The van der Waals surface area contributed by atoms with Crippen molar-refractivity contribution in [1.82, 2.24) is 4.57 Å². The van der Waals surface area contributed by atoms with Gasteiger partial charge < -0.3 is 9.47 Å². The fraction of sp³-hybridized carbons (Fsp3) is 0.284. The second kappa shape index (κ2) is 37.4. The SMILES string of the molecule is CC.CC.CC.CC.CC.CC.CC.CC.CN(c1ccccc1)c1ccccc1.Cc1ccccc1-c1cccc2c3ccccc3c3ccccc3c12.Cn1c2ccccc2c2ccccc21. The highest BCUT2D eigenvalue weighted by atomic mass is 15.1. The van der Waals surface area contributed by atoms with Crippen molar-refractivity contribution >= 4 is 65.5 Å². The molecule has 0 spiro atoms. The first kappa shape index (κ1) is 62.4. The number of fused-ring (bicyclic) bond motifs is 9. The smallest absolute Gasteiger partial charge is 0.0488 e. The van der Waals surface area contributed by atoms with Crippen LogP contribution in [0.15, 0.2) is 200 Å². The van der Waals surface area contributed by atoms with Crippen molar-refractivity contribution in [1.29, 1.82) is 0 Å². The van der Waals surface area contributed by atoms with Crippen molar-refractivity contribution in [3.63, 3.8) is 0 Å². The quantitative estimate of drug-likeness (QED) is 0.160. The first-order chi connectivity index (χ1) is 34.1. The van der Waals surface area contributed by atoms with E-state index < -0.39 is 0 Å². The lowest BCUT2D eigenvalue weighted by Gasteiger charge is -2.18. The number of nitrogens with zero attached hydrogens (tertiary/aromatic N) is 2. The largest absolute Gasteiger partial charge is 0.345 e. The Morgan fingerprint density at radius 3 is 0.942 bits per heavy atom. The molecular weight excluding hydrogens is 833 g/mol. The number of aryl methyl sites for hydroxylation is 2. The molecule has 0 aliphatic carbocycles. The number of hydrogen-bond donors (Lipinski definition) is 0. The van der Waals surface area contributed by atoms with Crippen LogP contribution >= 0.6 is 0 Å². The van der Waals surface area contributed by atoms with E-state index in [4.69, 9.17) is 0 Å². The highest BCUT2D eigenvalue weighted by Crippen LogP contribution is 2.40.